The first-order valence-electron chi connectivity index (χ1n) is 8.08. The van der Waals surface area contributed by atoms with Crippen molar-refractivity contribution in [3.8, 4) is 11.5 Å². The van der Waals surface area contributed by atoms with Gasteiger partial charge in [-0.15, -0.1) is 0 Å². The Hall–Kier alpha value is -3.61. The summed E-state index contributed by atoms with van der Waals surface area (Å²) >= 11 is 0. The van der Waals surface area contributed by atoms with Crippen LogP contribution in [0.5, 0.6) is 11.5 Å². The Kier molecular flexibility index (Phi) is 5.84. The highest BCUT2D eigenvalue weighted by molar-refractivity contribution is 5.92. The fourth-order valence-corrected chi connectivity index (χ4v) is 2.31. The van der Waals surface area contributed by atoms with E-state index in [2.05, 4.69) is 10.5 Å². The number of methoxy groups -OCH3 is 1. The van der Waals surface area contributed by atoms with Gasteiger partial charge in [-0.3, -0.25) is 4.79 Å². The SMILES string of the molecule is COc1ccc(C=NNC(=O)c2ccco2)cc1COc1ccc(F)cc1. The van der Waals surface area contributed by atoms with E-state index >= 15 is 0 Å². The molecule has 0 bridgehead atoms. The Labute approximate surface area is 155 Å². The van der Waals surface area contributed by atoms with Crippen LogP contribution in [0, 0.1) is 5.82 Å². The molecule has 0 aliphatic heterocycles. The highest BCUT2D eigenvalue weighted by Crippen LogP contribution is 2.22. The van der Waals surface area contributed by atoms with E-state index in [4.69, 9.17) is 13.9 Å². The average Bonchev–Trinajstić information content (AvgIpc) is 3.22. The Bertz CT molecular complexity index is 922. The smallest absolute Gasteiger partial charge is 0.307 e. The van der Waals surface area contributed by atoms with Crippen LogP contribution in [0.25, 0.3) is 0 Å². The number of furan rings is 1. The molecule has 0 unspecified atom stereocenters. The second kappa shape index (κ2) is 8.66. The van der Waals surface area contributed by atoms with Gasteiger partial charge in [0, 0.05) is 5.56 Å². The maximum Gasteiger partial charge on any atom is 0.307 e. The molecule has 2 aromatic carbocycles. The summed E-state index contributed by atoms with van der Waals surface area (Å²) < 4.78 is 28.9. The van der Waals surface area contributed by atoms with Crippen molar-refractivity contribution in [2.24, 2.45) is 5.10 Å². The lowest BCUT2D eigenvalue weighted by atomic mass is 10.1. The van der Waals surface area contributed by atoms with Gasteiger partial charge >= 0.3 is 5.91 Å². The monoisotopic (exact) mass is 368 g/mol. The van der Waals surface area contributed by atoms with Crippen molar-refractivity contribution in [1.82, 2.24) is 5.43 Å². The van der Waals surface area contributed by atoms with Crippen molar-refractivity contribution in [2.45, 2.75) is 6.61 Å². The maximum atomic E-state index is 13.0. The van der Waals surface area contributed by atoms with Gasteiger partial charge in [-0.25, -0.2) is 9.82 Å². The van der Waals surface area contributed by atoms with E-state index in [9.17, 15) is 9.18 Å². The summed E-state index contributed by atoms with van der Waals surface area (Å²) in [5.74, 6) is 0.603. The van der Waals surface area contributed by atoms with Gasteiger partial charge in [0.2, 0.25) is 0 Å². The normalized spacial score (nSPS) is 10.7. The molecule has 1 aromatic heterocycles. The fourth-order valence-electron chi connectivity index (χ4n) is 2.31. The molecule has 1 heterocycles. The van der Waals surface area contributed by atoms with Gasteiger partial charge in [0.1, 0.15) is 23.9 Å². The number of amides is 1. The van der Waals surface area contributed by atoms with Crippen LogP contribution < -0.4 is 14.9 Å². The molecule has 1 amide bonds. The molecule has 138 valence electrons. The van der Waals surface area contributed by atoms with Gasteiger partial charge in [0.25, 0.3) is 0 Å². The Balaban J connectivity index is 1.66. The first-order chi connectivity index (χ1) is 13.2. The van der Waals surface area contributed by atoms with Crippen molar-refractivity contribution in [2.75, 3.05) is 7.11 Å². The molecular weight excluding hydrogens is 351 g/mol. The Morgan fingerprint density at radius 3 is 2.74 bits per heavy atom. The maximum absolute atomic E-state index is 13.0. The molecule has 0 atom stereocenters. The highest BCUT2D eigenvalue weighted by atomic mass is 19.1. The van der Waals surface area contributed by atoms with E-state index in [-0.39, 0.29) is 18.2 Å². The summed E-state index contributed by atoms with van der Waals surface area (Å²) in [6, 6.07) is 14.3. The van der Waals surface area contributed by atoms with Crippen molar-refractivity contribution >= 4 is 12.1 Å². The number of rotatable bonds is 7. The molecule has 7 heteroatoms. The van der Waals surface area contributed by atoms with Crippen LogP contribution in [0.4, 0.5) is 4.39 Å². The third-order valence-electron chi connectivity index (χ3n) is 3.64. The van der Waals surface area contributed by atoms with Crippen molar-refractivity contribution in [3.05, 3.63) is 83.6 Å². The number of carbonyl (C=O) groups excluding carboxylic acids is 1. The van der Waals surface area contributed by atoms with Crippen LogP contribution in [-0.4, -0.2) is 19.2 Å². The molecule has 0 radical (unpaired) electrons. The molecule has 1 N–H and O–H groups in total. The summed E-state index contributed by atoms with van der Waals surface area (Å²) in [6.45, 7) is 0.231. The third kappa shape index (κ3) is 4.94. The molecule has 0 saturated carbocycles. The summed E-state index contributed by atoms with van der Waals surface area (Å²) in [7, 11) is 1.56. The second-order valence-electron chi connectivity index (χ2n) is 5.49. The highest BCUT2D eigenvalue weighted by Gasteiger charge is 2.07. The van der Waals surface area contributed by atoms with Gasteiger partial charge in [-0.2, -0.15) is 5.10 Å². The molecule has 0 aliphatic carbocycles. The molecule has 0 saturated heterocycles. The fraction of sp³-hybridized carbons (Fsp3) is 0.100. The van der Waals surface area contributed by atoms with Crippen LogP contribution >= 0.6 is 0 Å². The number of hydrogen-bond donors (Lipinski definition) is 1. The topological polar surface area (TPSA) is 73.1 Å². The van der Waals surface area contributed by atoms with Crippen LogP contribution in [0.2, 0.25) is 0 Å². The van der Waals surface area contributed by atoms with Crippen molar-refractivity contribution < 1.29 is 23.1 Å². The minimum absolute atomic E-state index is 0.176. The number of hydrazone groups is 1. The van der Waals surface area contributed by atoms with Gasteiger partial charge in [0.15, 0.2) is 5.76 Å². The number of nitrogens with one attached hydrogen (secondary N) is 1. The van der Waals surface area contributed by atoms with Gasteiger partial charge in [0.05, 0.1) is 19.6 Å². The lowest BCUT2D eigenvalue weighted by Gasteiger charge is -2.11. The van der Waals surface area contributed by atoms with E-state index in [1.54, 1.807) is 43.5 Å². The zero-order valence-corrected chi connectivity index (χ0v) is 14.5. The largest absolute Gasteiger partial charge is 0.496 e. The molecule has 3 aromatic rings. The minimum Gasteiger partial charge on any atom is -0.496 e. The van der Waals surface area contributed by atoms with Crippen molar-refractivity contribution in [1.29, 1.82) is 0 Å². The Morgan fingerprint density at radius 1 is 1.22 bits per heavy atom. The molecular formula is C20H17FN2O4. The lowest BCUT2D eigenvalue weighted by Crippen LogP contribution is -2.16. The van der Waals surface area contributed by atoms with Crippen LogP contribution in [0.3, 0.4) is 0 Å². The van der Waals surface area contributed by atoms with E-state index in [0.717, 1.165) is 11.1 Å². The summed E-state index contributed by atoms with van der Waals surface area (Å²) in [4.78, 5) is 11.8. The molecule has 0 fully saturated rings. The van der Waals surface area contributed by atoms with Gasteiger partial charge in [-0.05, 0) is 60.2 Å². The number of ether oxygens (including phenoxy) is 2. The number of hydrogen-bond acceptors (Lipinski definition) is 5. The van der Waals surface area contributed by atoms with E-state index in [1.165, 1.54) is 24.6 Å². The zero-order valence-electron chi connectivity index (χ0n) is 14.5. The predicted octanol–water partition coefficient (Wildman–Crippen LogP) is 3.77. The third-order valence-corrected chi connectivity index (χ3v) is 3.64. The summed E-state index contributed by atoms with van der Waals surface area (Å²) in [5.41, 5.74) is 3.91. The molecule has 0 spiro atoms. The standard InChI is InChI=1S/C20H17FN2O4/c1-25-18-9-4-14(12-22-23-20(24)19-3-2-10-26-19)11-15(18)13-27-17-7-5-16(21)6-8-17/h2-12H,13H2,1H3,(H,23,24). The van der Waals surface area contributed by atoms with Gasteiger partial charge < -0.3 is 13.9 Å². The zero-order chi connectivity index (χ0) is 19.1. The number of benzene rings is 2. The molecule has 27 heavy (non-hydrogen) atoms. The summed E-state index contributed by atoms with van der Waals surface area (Å²) in [5, 5.41) is 3.91. The van der Waals surface area contributed by atoms with Crippen LogP contribution in [0.15, 0.2) is 70.4 Å². The molecule has 0 aliphatic rings. The number of carbonyl (C=O) groups is 1. The number of halogens is 1. The number of nitrogens with zero attached hydrogens (tertiary/aromatic N) is 1. The molecule has 6 nitrogen and oxygen atoms in total. The van der Waals surface area contributed by atoms with Crippen molar-refractivity contribution in [3.63, 3.8) is 0 Å². The van der Waals surface area contributed by atoms with Crippen LogP contribution in [-0.2, 0) is 6.61 Å². The average molecular weight is 368 g/mol. The first kappa shape index (κ1) is 18.2. The molecule has 3 rings (SSSR count). The summed E-state index contributed by atoms with van der Waals surface area (Å²) in [6.07, 6.45) is 2.91. The van der Waals surface area contributed by atoms with E-state index < -0.39 is 5.91 Å². The predicted molar refractivity (Wildman–Crippen MR) is 97.5 cm³/mol. The first-order valence-corrected chi connectivity index (χ1v) is 8.08. The quantitative estimate of drug-likeness (QED) is 0.509. The second-order valence-corrected chi connectivity index (χ2v) is 5.49. The van der Waals surface area contributed by atoms with Gasteiger partial charge in [-0.1, -0.05) is 0 Å². The minimum atomic E-state index is -0.440. The lowest BCUT2D eigenvalue weighted by molar-refractivity contribution is 0.0927. The van der Waals surface area contributed by atoms with E-state index in [0.29, 0.717) is 11.5 Å². The Morgan fingerprint density at radius 2 is 2.04 bits per heavy atom. The van der Waals surface area contributed by atoms with E-state index in [1.807, 2.05) is 6.07 Å². The van der Waals surface area contributed by atoms with Crippen LogP contribution in [0.1, 0.15) is 21.7 Å².